The summed E-state index contributed by atoms with van der Waals surface area (Å²) in [5.74, 6) is -0.0210. The molecule has 1 fully saturated rings. The van der Waals surface area contributed by atoms with Gasteiger partial charge in [0, 0.05) is 15.4 Å². The van der Waals surface area contributed by atoms with Crippen molar-refractivity contribution in [2.24, 2.45) is 0 Å². The van der Waals surface area contributed by atoms with Gasteiger partial charge in [-0.3, -0.25) is 4.79 Å². The summed E-state index contributed by atoms with van der Waals surface area (Å²) in [6.45, 7) is 2.08. The van der Waals surface area contributed by atoms with Crippen LogP contribution in [0.3, 0.4) is 0 Å². The predicted molar refractivity (Wildman–Crippen MR) is 79.4 cm³/mol. The Morgan fingerprint density at radius 3 is 2.78 bits per heavy atom. The van der Waals surface area contributed by atoms with Crippen LogP contribution in [-0.4, -0.2) is 37.0 Å². The number of benzene rings is 1. The Labute approximate surface area is 121 Å². The minimum Gasteiger partial charge on any atom is -0.349 e. The van der Waals surface area contributed by atoms with E-state index >= 15 is 0 Å². The zero-order chi connectivity index (χ0) is 13.1. The van der Waals surface area contributed by atoms with Gasteiger partial charge in [-0.05, 0) is 67.1 Å². The number of thiol groups is 1. The molecule has 98 valence electrons. The Kier molecular flexibility index (Phi) is 4.70. The van der Waals surface area contributed by atoms with E-state index in [9.17, 15) is 4.79 Å². The lowest BCUT2D eigenvalue weighted by Crippen LogP contribution is -2.43. The van der Waals surface area contributed by atoms with E-state index in [4.69, 9.17) is 0 Å². The van der Waals surface area contributed by atoms with Gasteiger partial charge in [0.1, 0.15) is 0 Å². The van der Waals surface area contributed by atoms with Crippen molar-refractivity contribution in [3.8, 4) is 0 Å². The van der Waals surface area contributed by atoms with Gasteiger partial charge in [-0.25, -0.2) is 0 Å². The molecule has 1 amide bonds. The Morgan fingerprint density at radius 2 is 2.11 bits per heavy atom. The van der Waals surface area contributed by atoms with Crippen molar-refractivity contribution in [1.82, 2.24) is 10.2 Å². The lowest BCUT2D eigenvalue weighted by molar-refractivity contribution is 0.0916. The molecule has 0 aromatic heterocycles. The van der Waals surface area contributed by atoms with E-state index in [1.165, 1.54) is 0 Å². The van der Waals surface area contributed by atoms with Crippen LogP contribution in [0.25, 0.3) is 0 Å². The molecule has 0 aliphatic carbocycles. The maximum absolute atomic E-state index is 12.2. The number of amides is 1. The number of hydrogen-bond donors (Lipinski definition) is 2. The number of halogens is 1. The summed E-state index contributed by atoms with van der Waals surface area (Å²) in [5, 5.41) is 3.09. The third kappa shape index (κ3) is 3.49. The van der Waals surface area contributed by atoms with Crippen LogP contribution in [0.5, 0.6) is 0 Å². The Hall–Kier alpha value is -0.520. The van der Waals surface area contributed by atoms with Crippen molar-refractivity contribution in [3.63, 3.8) is 0 Å². The van der Waals surface area contributed by atoms with E-state index in [1.807, 2.05) is 12.1 Å². The maximum atomic E-state index is 12.2. The Bertz CT molecular complexity index is 445. The number of hydrogen-bond acceptors (Lipinski definition) is 3. The number of likely N-dealkylation sites (tertiary alicyclic amines) is 1. The lowest BCUT2D eigenvalue weighted by atomic mass is 10.0. The fourth-order valence-electron chi connectivity index (χ4n) is 2.10. The second-order valence-electron chi connectivity index (χ2n) is 4.72. The standard InChI is InChI=1S/C13H17BrN2OS/c1-16-6-4-9(5-7-16)15-13(17)11-8-10(18)2-3-12(11)14/h2-3,8-9,18H,4-7H2,1H3,(H,15,17). The summed E-state index contributed by atoms with van der Waals surface area (Å²) < 4.78 is 0.811. The predicted octanol–water partition coefficient (Wildman–Crippen LogP) is 2.56. The molecule has 0 unspecified atom stereocenters. The van der Waals surface area contributed by atoms with Crippen LogP contribution in [0.4, 0.5) is 0 Å². The monoisotopic (exact) mass is 328 g/mol. The van der Waals surface area contributed by atoms with Crippen LogP contribution in [0.2, 0.25) is 0 Å². The Morgan fingerprint density at radius 1 is 1.44 bits per heavy atom. The average molecular weight is 329 g/mol. The number of carbonyl (C=O) groups is 1. The van der Waals surface area contributed by atoms with Gasteiger partial charge in [0.2, 0.25) is 0 Å². The number of carbonyl (C=O) groups excluding carboxylic acids is 1. The van der Waals surface area contributed by atoms with Crippen molar-refractivity contribution < 1.29 is 4.79 Å². The molecule has 1 aliphatic heterocycles. The van der Waals surface area contributed by atoms with E-state index in [1.54, 1.807) is 6.07 Å². The fourth-order valence-corrected chi connectivity index (χ4v) is 2.73. The van der Waals surface area contributed by atoms with Gasteiger partial charge < -0.3 is 10.2 Å². The van der Waals surface area contributed by atoms with Crippen LogP contribution in [0.15, 0.2) is 27.6 Å². The topological polar surface area (TPSA) is 32.3 Å². The van der Waals surface area contributed by atoms with Gasteiger partial charge in [-0.2, -0.15) is 0 Å². The van der Waals surface area contributed by atoms with Gasteiger partial charge in [-0.15, -0.1) is 12.6 Å². The third-order valence-corrected chi connectivity index (χ3v) is 4.22. The second kappa shape index (κ2) is 6.08. The largest absolute Gasteiger partial charge is 0.349 e. The summed E-state index contributed by atoms with van der Waals surface area (Å²) >= 11 is 7.67. The molecule has 0 atom stereocenters. The summed E-state index contributed by atoms with van der Waals surface area (Å²) in [6.07, 6.45) is 2.03. The summed E-state index contributed by atoms with van der Waals surface area (Å²) in [6, 6.07) is 5.78. The maximum Gasteiger partial charge on any atom is 0.252 e. The first-order valence-corrected chi connectivity index (χ1v) is 7.28. The van der Waals surface area contributed by atoms with Crippen LogP contribution in [0.1, 0.15) is 23.2 Å². The second-order valence-corrected chi connectivity index (χ2v) is 6.09. The van der Waals surface area contributed by atoms with Crippen molar-refractivity contribution in [3.05, 3.63) is 28.2 Å². The quantitative estimate of drug-likeness (QED) is 0.818. The minimum atomic E-state index is -0.0210. The normalized spacial score (nSPS) is 17.7. The molecule has 0 bridgehead atoms. The van der Waals surface area contributed by atoms with Crippen LogP contribution < -0.4 is 5.32 Å². The number of rotatable bonds is 2. The molecule has 2 rings (SSSR count). The smallest absolute Gasteiger partial charge is 0.252 e. The summed E-state index contributed by atoms with van der Waals surface area (Å²) in [7, 11) is 2.11. The molecule has 1 aromatic rings. The van der Waals surface area contributed by atoms with E-state index in [2.05, 4.69) is 45.8 Å². The van der Waals surface area contributed by atoms with Crippen molar-refractivity contribution in [2.75, 3.05) is 20.1 Å². The molecule has 1 heterocycles. The van der Waals surface area contributed by atoms with Crippen LogP contribution in [-0.2, 0) is 0 Å². The highest BCUT2D eigenvalue weighted by molar-refractivity contribution is 9.10. The zero-order valence-corrected chi connectivity index (χ0v) is 12.8. The van der Waals surface area contributed by atoms with Gasteiger partial charge in [-0.1, -0.05) is 0 Å². The van der Waals surface area contributed by atoms with Gasteiger partial charge >= 0.3 is 0 Å². The molecule has 0 saturated carbocycles. The summed E-state index contributed by atoms with van der Waals surface area (Å²) in [5.41, 5.74) is 0.654. The molecule has 1 aromatic carbocycles. The number of nitrogens with one attached hydrogen (secondary N) is 1. The van der Waals surface area contributed by atoms with Crippen LogP contribution >= 0.6 is 28.6 Å². The molecule has 0 radical (unpaired) electrons. The van der Waals surface area contributed by atoms with Gasteiger partial charge in [0.05, 0.1) is 5.56 Å². The number of nitrogens with zero attached hydrogens (tertiary/aromatic N) is 1. The highest BCUT2D eigenvalue weighted by Gasteiger charge is 2.20. The minimum absolute atomic E-state index is 0.0210. The molecular weight excluding hydrogens is 312 g/mol. The molecular formula is C13H17BrN2OS. The molecule has 1 aliphatic rings. The molecule has 1 N–H and O–H groups in total. The lowest BCUT2D eigenvalue weighted by Gasteiger charge is -2.29. The molecule has 5 heteroatoms. The van der Waals surface area contributed by atoms with E-state index < -0.39 is 0 Å². The first kappa shape index (κ1) is 13.9. The third-order valence-electron chi connectivity index (χ3n) is 3.25. The average Bonchev–Trinajstić information content (AvgIpc) is 2.35. The molecule has 18 heavy (non-hydrogen) atoms. The van der Waals surface area contributed by atoms with Crippen molar-refractivity contribution in [1.29, 1.82) is 0 Å². The molecule has 3 nitrogen and oxygen atoms in total. The SMILES string of the molecule is CN1CCC(NC(=O)c2cc(S)ccc2Br)CC1. The van der Waals surface area contributed by atoms with Crippen molar-refractivity contribution >= 4 is 34.5 Å². The Balaban J connectivity index is 2.01. The highest BCUT2D eigenvalue weighted by atomic mass is 79.9. The van der Waals surface area contributed by atoms with Crippen molar-refractivity contribution in [2.45, 2.75) is 23.8 Å². The molecule has 0 spiro atoms. The first-order chi connectivity index (χ1) is 8.56. The summed E-state index contributed by atoms with van der Waals surface area (Å²) in [4.78, 5) is 15.3. The first-order valence-electron chi connectivity index (χ1n) is 6.04. The van der Waals surface area contributed by atoms with E-state index in [-0.39, 0.29) is 11.9 Å². The van der Waals surface area contributed by atoms with E-state index in [0.29, 0.717) is 5.56 Å². The highest BCUT2D eigenvalue weighted by Crippen LogP contribution is 2.20. The number of piperidine rings is 1. The van der Waals surface area contributed by atoms with E-state index in [0.717, 1.165) is 35.3 Å². The van der Waals surface area contributed by atoms with Gasteiger partial charge in [0.15, 0.2) is 0 Å². The fraction of sp³-hybridized carbons (Fsp3) is 0.462. The zero-order valence-electron chi connectivity index (χ0n) is 10.3. The van der Waals surface area contributed by atoms with Gasteiger partial charge in [0.25, 0.3) is 5.91 Å². The molecule has 1 saturated heterocycles. The van der Waals surface area contributed by atoms with Crippen LogP contribution in [0, 0.1) is 0 Å².